The Labute approximate surface area is 447 Å². The summed E-state index contributed by atoms with van der Waals surface area (Å²) in [5.74, 6) is 3.93. The van der Waals surface area contributed by atoms with Gasteiger partial charge >= 0.3 is 0 Å². The van der Waals surface area contributed by atoms with E-state index in [0.717, 1.165) is 102 Å². The molecule has 2 aromatic heterocycles. The standard InChI is InChI=1S/C56H102Cl2N14/c1-49(2)31-39(32-50(3,4)67-49)25-19-21-27-59-45-61-43(57)63-47(65-45)71(41-35-53(9,10)69-54(11,12)36-41)29-23-17-18-24-30-72(42-37-55(13,14)70-56(15,16)38-42)48-64-44(58)62-46(66-48)60-28-22-20-26-40-33-51(5,6)68-52(7,8)34-40/h39-42,67-70H,17-38H2,1-16H3,(H,59,61,63,65)(H,60,62,64,66). The van der Waals surface area contributed by atoms with Gasteiger partial charge in [0.05, 0.1) is 0 Å². The second kappa shape index (κ2) is 23.5. The number of aromatic nitrogens is 6. The molecule has 0 saturated carbocycles. The molecule has 4 fully saturated rings. The summed E-state index contributed by atoms with van der Waals surface area (Å²) in [7, 11) is 0. The Morgan fingerprint density at radius 2 is 0.681 bits per heavy atom. The molecule has 0 radical (unpaired) electrons. The summed E-state index contributed by atoms with van der Waals surface area (Å²) in [6.45, 7) is 40.5. The van der Waals surface area contributed by atoms with Crippen molar-refractivity contribution < 1.29 is 0 Å². The third-order valence-electron chi connectivity index (χ3n) is 15.7. The van der Waals surface area contributed by atoms with Crippen LogP contribution in [0.25, 0.3) is 0 Å². The van der Waals surface area contributed by atoms with Crippen molar-refractivity contribution in [1.82, 2.24) is 51.2 Å². The zero-order chi connectivity index (χ0) is 53.0. The number of anilines is 4. The van der Waals surface area contributed by atoms with Crippen molar-refractivity contribution in [2.24, 2.45) is 11.8 Å². The first-order valence-corrected chi connectivity index (χ1v) is 29.0. The molecular formula is C56H102Cl2N14. The van der Waals surface area contributed by atoms with Crippen LogP contribution in [0.4, 0.5) is 23.8 Å². The van der Waals surface area contributed by atoms with E-state index >= 15 is 0 Å². The van der Waals surface area contributed by atoms with Crippen molar-refractivity contribution in [2.45, 2.75) is 283 Å². The number of unbranched alkanes of at least 4 members (excludes halogenated alkanes) is 5. The molecule has 6 rings (SSSR count). The van der Waals surface area contributed by atoms with Crippen molar-refractivity contribution in [2.75, 3.05) is 46.6 Å². The minimum Gasteiger partial charge on any atom is -0.354 e. The molecule has 4 saturated heterocycles. The number of halogens is 2. The van der Waals surface area contributed by atoms with Gasteiger partial charge in [0.15, 0.2) is 0 Å². The second-order valence-corrected chi connectivity index (χ2v) is 29.0. The van der Waals surface area contributed by atoms with Crippen LogP contribution in [0, 0.1) is 11.8 Å². The number of nitrogens with zero attached hydrogens (tertiary/aromatic N) is 8. The van der Waals surface area contributed by atoms with Crippen LogP contribution in [0.1, 0.15) is 226 Å². The predicted molar refractivity (Wildman–Crippen MR) is 304 cm³/mol. The molecule has 0 unspecified atom stereocenters. The summed E-state index contributed by atoms with van der Waals surface area (Å²) in [5, 5.41) is 23.0. The minimum absolute atomic E-state index is 0.0438. The molecule has 0 amide bonds. The van der Waals surface area contributed by atoms with Crippen LogP contribution in [0.2, 0.25) is 10.6 Å². The van der Waals surface area contributed by atoms with E-state index in [1.54, 1.807) is 0 Å². The first-order valence-electron chi connectivity index (χ1n) is 28.3. The highest BCUT2D eigenvalue weighted by Gasteiger charge is 2.43. The monoisotopic (exact) mass is 1040 g/mol. The lowest BCUT2D eigenvalue weighted by molar-refractivity contribution is 0.121. The van der Waals surface area contributed by atoms with Gasteiger partial charge in [-0.15, -0.1) is 0 Å². The van der Waals surface area contributed by atoms with Gasteiger partial charge < -0.3 is 41.7 Å². The van der Waals surface area contributed by atoms with Crippen molar-refractivity contribution in [3.63, 3.8) is 0 Å². The number of nitrogens with one attached hydrogen (secondary N) is 6. The lowest BCUT2D eigenvalue weighted by Gasteiger charge is -2.49. The average Bonchev–Trinajstić information content (AvgIpc) is 3.16. The third-order valence-corrected chi connectivity index (χ3v) is 16.0. The van der Waals surface area contributed by atoms with Crippen molar-refractivity contribution >= 4 is 47.0 Å². The number of piperidine rings is 4. The molecule has 6 heterocycles. The van der Waals surface area contributed by atoms with E-state index in [0.29, 0.717) is 23.8 Å². The fourth-order valence-corrected chi connectivity index (χ4v) is 15.2. The predicted octanol–water partition coefficient (Wildman–Crippen LogP) is 12.1. The van der Waals surface area contributed by atoms with Crippen LogP contribution in [0.3, 0.4) is 0 Å². The zero-order valence-corrected chi connectivity index (χ0v) is 49.7. The average molecular weight is 1040 g/mol. The molecule has 14 nitrogen and oxygen atoms in total. The molecular weight excluding hydrogens is 940 g/mol. The molecule has 72 heavy (non-hydrogen) atoms. The van der Waals surface area contributed by atoms with E-state index in [1.165, 1.54) is 51.4 Å². The van der Waals surface area contributed by atoms with Gasteiger partial charge in [-0.1, -0.05) is 38.5 Å². The fourth-order valence-electron chi connectivity index (χ4n) is 14.9. The topological polar surface area (TPSA) is 156 Å². The SMILES string of the molecule is CC1(C)CC(CCCCNc2nc(Cl)nc(N(CCCCCCN(c3nc(Cl)nc(NCCCCC4CC(C)(C)NC(C)(C)C4)n3)C3CC(C)(C)NC(C)(C)C3)C3CC(C)(C)NC(C)(C)C3)n2)CC(C)(C)N1. The van der Waals surface area contributed by atoms with Crippen LogP contribution in [0.15, 0.2) is 0 Å². The largest absolute Gasteiger partial charge is 0.354 e. The normalized spacial score (nSPS) is 23.6. The second-order valence-electron chi connectivity index (χ2n) is 28.3. The summed E-state index contributed by atoms with van der Waals surface area (Å²) in [6, 6.07) is 0.489. The maximum Gasteiger partial charge on any atom is 0.231 e. The molecule has 0 spiro atoms. The summed E-state index contributed by atoms with van der Waals surface area (Å²) in [5.41, 5.74) is 0.520. The van der Waals surface area contributed by atoms with Crippen LogP contribution in [-0.2, 0) is 0 Å². The molecule has 4 aliphatic rings. The van der Waals surface area contributed by atoms with Crippen LogP contribution in [0.5, 0.6) is 0 Å². The van der Waals surface area contributed by atoms with Crippen molar-refractivity contribution in [3.8, 4) is 0 Å². The van der Waals surface area contributed by atoms with E-state index < -0.39 is 0 Å². The van der Waals surface area contributed by atoms with Gasteiger partial charge in [0.25, 0.3) is 0 Å². The van der Waals surface area contributed by atoms with Gasteiger partial charge in [0.2, 0.25) is 34.4 Å². The van der Waals surface area contributed by atoms with E-state index in [4.69, 9.17) is 43.1 Å². The Bertz CT molecular complexity index is 1840. The van der Waals surface area contributed by atoms with Crippen LogP contribution in [-0.4, -0.2) is 112 Å². The maximum atomic E-state index is 6.74. The smallest absolute Gasteiger partial charge is 0.231 e. The molecule has 2 aromatic rings. The van der Waals surface area contributed by atoms with Gasteiger partial charge in [0.1, 0.15) is 0 Å². The Hall–Kier alpha value is -2.36. The van der Waals surface area contributed by atoms with Crippen LogP contribution >= 0.6 is 23.2 Å². The molecule has 16 heteroatoms. The van der Waals surface area contributed by atoms with E-state index in [2.05, 4.69) is 162 Å². The zero-order valence-electron chi connectivity index (χ0n) is 48.2. The summed E-state index contributed by atoms with van der Waals surface area (Å²) in [6.07, 6.45) is 19.9. The molecule has 6 N–H and O–H groups in total. The van der Waals surface area contributed by atoms with E-state index in [1.807, 2.05) is 0 Å². The number of rotatable bonds is 23. The summed E-state index contributed by atoms with van der Waals surface area (Å²) < 4.78 is 0. The van der Waals surface area contributed by atoms with E-state index in [9.17, 15) is 0 Å². The Morgan fingerprint density at radius 3 is 0.986 bits per heavy atom. The molecule has 4 aliphatic heterocycles. The van der Waals surface area contributed by atoms with Gasteiger partial charge in [-0.25, -0.2) is 0 Å². The third kappa shape index (κ3) is 18.7. The highest BCUT2D eigenvalue weighted by molar-refractivity contribution is 6.28. The number of hydrogen-bond donors (Lipinski definition) is 6. The first kappa shape index (κ1) is 58.9. The molecule has 0 atom stereocenters. The molecule has 0 aromatic carbocycles. The highest BCUT2D eigenvalue weighted by atomic mass is 35.5. The van der Waals surface area contributed by atoms with Crippen molar-refractivity contribution in [1.29, 1.82) is 0 Å². The molecule has 0 bridgehead atoms. The fraction of sp³-hybridized carbons (Fsp3) is 0.893. The highest BCUT2D eigenvalue weighted by Crippen LogP contribution is 2.39. The number of hydrogen-bond acceptors (Lipinski definition) is 14. The van der Waals surface area contributed by atoms with Gasteiger partial charge in [0, 0.05) is 82.6 Å². The van der Waals surface area contributed by atoms with Crippen molar-refractivity contribution in [3.05, 3.63) is 10.6 Å². The summed E-state index contributed by atoms with van der Waals surface area (Å²) >= 11 is 13.5. The Balaban J connectivity index is 1.08. The van der Waals surface area contributed by atoms with Crippen LogP contribution < -0.4 is 41.7 Å². The molecule has 410 valence electrons. The Kier molecular flexibility index (Phi) is 19.2. The summed E-state index contributed by atoms with van der Waals surface area (Å²) in [4.78, 5) is 33.8. The first-order chi connectivity index (χ1) is 33.3. The lowest BCUT2D eigenvalue weighted by Crippen LogP contribution is -2.62. The Morgan fingerprint density at radius 1 is 0.389 bits per heavy atom. The molecule has 0 aliphatic carbocycles. The quantitative estimate of drug-likeness (QED) is 0.0585. The van der Waals surface area contributed by atoms with Gasteiger partial charge in [-0.3, -0.25) is 0 Å². The van der Waals surface area contributed by atoms with Gasteiger partial charge in [-0.05, 0) is 223 Å². The lowest BCUT2D eigenvalue weighted by atomic mass is 9.74. The minimum atomic E-state index is -0.0438. The maximum absolute atomic E-state index is 6.74. The van der Waals surface area contributed by atoms with E-state index in [-0.39, 0.29) is 67.0 Å². The van der Waals surface area contributed by atoms with Gasteiger partial charge in [-0.2, -0.15) is 29.9 Å².